The number of aromatic amines is 1. The molecule has 134 valence electrons. The first kappa shape index (κ1) is 17.4. The molecule has 1 saturated heterocycles. The third-order valence-electron chi connectivity index (χ3n) is 5.06. The smallest absolute Gasteiger partial charge is 0.250 e. The summed E-state index contributed by atoms with van der Waals surface area (Å²) in [5.74, 6) is 2.71. The van der Waals surface area contributed by atoms with Gasteiger partial charge in [0.05, 0.1) is 16.0 Å². The predicted molar refractivity (Wildman–Crippen MR) is 109 cm³/mol. The summed E-state index contributed by atoms with van der Waals surface area (Å²) in [6.07, 6.45) is 6.38. The second-order valence-electron chi connectivity index (χ2n) is 6.74. The van der Waals surface area contributed by atoms with Gasteiger partial charge in [-0.1, -0.05) is 0 Å². The number of thiophene rings is 1. The van der Waals surface area contributed by atoms with Gasteiger partial charge in [-0.05, 0) is 77.0 Å². The van der Waals surface area contributed by atoms with Crippen LogP contribution in [0.25, 0.3) is 22.0 Å². The van der Waals surface area contributed by atoms with E-state index in [9.17, 15) is 9.59 Å². The Morgan fingerprint density at radius 3 is 2.73 bits per heavy atom. The molecule has 1 fully saturated rings. The molecule has 0 aliphatic carbocycles. The SMILES string of the molecule is NC(=O)c1cc(-c2csc(C=O)c2)cc2c(CC3CCSCC3)c[nH]c12. The van der Waals surface area contributed by atoms with Crippen LogP contribution in [0.2, 0.25) is 0 Å². The van der Waals surface area contributed by atoms with Gasteiger partial charge in [-0.2, -0.15) is 11.8 Å². The maximum absolute atomic E-state index is 12.0. The molecule has 0 bridgehead atoms. The zero-order chi connectivity index (χ0) is 18.1. The Hall–Kier alpha value is -2.05. The Bertz CT molecular complexity index is 968. The second kappa shape index (κ2) is 7.29. The Balaban J connectivity index is 1.79. The van der Waals surface area contributed by atoms with E-state index in [2.05, 4.69) is 11.1 Å². The molecular formula is C20H20N2O2S2. The number of primary amides is 1. The highest BCUT2D eigenvalue weighted by molar-refractivity contribution is 7.99. The molecule has 0 spiro atoms. The number of H-pyrrole nitrogens is 1. The molecule has 1 amide bonds. The van der Waals surface area contributed by atoms with Gasteiger partial charge in [-0.3, -0.25) is 9.59 Å². The quantitative estimate of drug-likeness (QED) is 0.636. The van der Waals surface area contributed by atoms with Crippen molar-refractivity contribution in [1.82, 2.24) is 4.98 Å². The van der Waals surface area contributed by atoms with Gasteiger partial charge in [0.15, 0.2) is 6.29 Å². The highest BCUT2D eigenvalue weighted by Gasteiger charge is 2.19. The molecule has 4 rings (SSSR count). The van der Waals surface area contributed by atoms with Crippen LogP contribution in [0.15, 0.2) is 29.8 Å². The van der Waals surface area contributed by atoms with Crippen molar-refractivity contribution in [3.8, 4) is 11.1 Å². The summed E-state index contributed by atoms with van der Waals surface area (Å²) in [4.78, 5) is 26.9. The van der Waals surface area contributed by atoms with Crippen LogP contribution < -0.4 is 5.73 Å². The first-order chi connectivity index (χ1) is 12.7. The largest absolute Gasteiger partial charge is 0.366 e. The number of hydrogen-bond acceptors (Lipinski definition) is 4. The van der Waals surface area contributed by atoms with Crippen molar-refractivity contribution in [2.24, 2.45) is 11.7 Å². The third-order valence-corrected chi connectivity index (χ3v) is 6.97. The van der Waals surface area contributed by atoms with Crippen molar-refractivity contribution in [2.45, 2.75) is 19.3 Å². The van der Waals surface area contributed by atoms with E-state index in [1.165, 1.54) is 41.2 Å². The Morgan fingerprint density at radius 2 is 2.04 bits per heavy atom. The average molecular weight is 385 g/mol. The molecule has 4 nitrogen and oxygen atoms in total. The normalized spacial score (nSPS) is 15.4. The van der Waals surface area contributed by atoms with Crippen molar-refractivity contribution in [1.29, 1.82) is 0 Å². The van der Waals surface area contributed by atoms with Crippen LogP contribution in [0, 0.1) is 5.92 Å². The van der Waals surface area contributed by atoms with Gasteiger partial charge in [0.1, 0.15) is 0 Å². The Morgan fingerprint density at radius 1 is 1.23 bits per heavy atom. The molecule has 3 heterocycles. The van der Waals surface area contributed by atoms with Crippen LogP contribution in [0.3, 0.4) is 0 Å². The number of hydrogen-bond donors (Lipinski definition) is 2. The second-order valence-corrected chi connectivity index (χ2v) is 8.91. The lowest BCUT2D eigenvalue weighted by Gasteiger charge is -2.20. The molecule has 0 radical (unpaired) electrons. The fourth-order valence-electron chi connectivity index (χ4n) is 3.65. The van der Waals surface area contributed by atoms with Crippen molar-refractivity contribution in [2.75, 3.05) is 11.5 Å². The van der Waals surface area contributed by atoms with E-state index in [1.807, 2.05) is 35.5 Å². The minimum Gasteiger partial charge on any atom is -0.366 e. The number of fused-ring (bicyclic) bond motifs is 1. The number of carbonyl (C=O) groups is 2. The van der Waals surface area contributed by atoms with Gasteiger partial charge < -0.3 is 10.7 Å². The molecule has 1 aliphatic heterocycles. The molecule has 3 aromatic rings. The first-order valence-corrected chi connectivity index (χ1v) is 10.7. The number of benzene rings is 1. The summed E-state index contributed by atoms with van der Waals surface area (Å²) >= 11 is 3.43. The summed E-state index contributed by atoms with van der Waals surface area (Å²) < 4.78 is 0. The number of amides is 1. The maximum atomic E-state index is 12.0. The summed E-state index contributed by atoms with van der Waals surface area (Å²) in [6.45, 7) is 0. The van der Waals surface area contributed by atoms with E-state index in [0.29, 0.717) is 16.4 Å². The molecule has 26 heavy (non-hydrogen) atoms. The van der Waals surface area contributed by atoms with Gasteiger partial charge in [0, 0.05) is 11.6 Å². The molecule has 1 aliphatic rings. The number of carbonyl (C=O) groups excluding carboxylic acids is 2. The van der Waals surface area contributed by atoms with Crippen LogP contribution in [0.4, 0.5) is 0 Å². The zero-order valence-corrected chi connectivity index (χ0v) is 15.9. The monoisotopic (exact) mass is 384 g/mol. The number of nitrogens with two attached hydrogens (primary N) is 1. The number of thioether (sulfide) groups is 1. The van der Waals surface area contributed by atoms with Crippen molar-refractivity contribution in [3.63, 3.8) is 0 Å². The standard InChI is InChI=1S/C20H20N2O2S2/c21-20(24)18-8-13(15-6-16(10-23)26-11-15)7-17-14(9-22-19(17)18)5-12-1-3-25-4-2-12/h6-12,22H,1-5H2,(H2,21,24). The van der Waals surface area contributed by atoms with Crippen LogP contribution >= 0.6 is 23.1 Å². The third kappa shape index (κ3) is 3.31. The van der Waals surface area contributed by atoms with Gasteiger partial charge >= 0.3 is 0 Å². The summed E-state index contributed by atoms with van der Waals surface area (Å²) in [6, 6.07) is 5.79. The maximum Gasteiger partial charge on any atom is 0.250 e. The van der Waals surface area contributed by atoms with Gasteiger partial charge in [-0.15, -0.1) is 11.3 Å². The van der Waals surface area contributed by atoms with Crippen LogP contribution in [0.5, 0.6) is 0 Å². The van der Waals surface area contributed by atoms with Crippen molar-refractivity contribution < 1.29 is 9.59 Å². The fourth-order valence-corrected chi connectivity index (χ4v) is 5.57. The van der Waals surface area contributed by atoms with E-state index in [0.717, 1.165) is 34.7 Å². The molecular weight excluding hydrogens is 364 g/mol. The lowest BCUT2D eigenvalue weighted by Crippen LogP contribution is -2.12. The van der Waals surface area contributed by atoms with E-state index >= 15 is 0 Å². The number of rotatable bonds is 5. The average Bonchev–Trinajstić information content (AvgIpc) is 3.29. The van der Waals surface area contributed by atoms with E-state index in [4.69, 9.17) is 5.73 Å². The lowest BCUT2D eigenvalue weighted by atomic mass is 9.92. The molecule has 0 unspecified atom stereocenters. The lowest BCUT2D eigenvalue weighted by molar-refractivity contribution is 0.100. The van der Waals surface area contributed by atoms with Crippen LogP contribution in [-0.2, 0) is 6.42 Å². The highest BCUT2D eigenvalue weighted by atomic mass is 32.2. The first-order valence-electron chi connectivity index (χ1n) is 8.71. The minimum absolute atomic E-state index is 0.440. The number of nitrogens with one attached hydrogen (secondary N) is 1. The Kier molecular flexibility index (Phi) is 4.87. The van der Waals surface area contributed by atoms with E-state index in [-0.39, 0.29) is 0 Å². The van der Waals surface area contributed by atoms with Gasteiger partial charge in [0.25, 0.3) is 5.91 Å². The zero-order valence-electron chi connectivity index (χ0n) is 14.3. The van der Waals surface area contributed by atoms with Crippen LogP contribution in [0.1, 0.15) is 38.4 Å². The molecule has 0 saturated carbocycles. The minimum atomic E-state index is -0.440. The number of aromatic nitrogens is 1. The van der Waals surface area contributed by atoms with Gasteiger partial charge in [-0.25, -0.2) is 0 Å². The van der Waals surface area contributed by atoms with Crippen molar-refractivity contribution >= 4 is 46.2 Å². The van der Waals surface area contributed by atoms with Crippen molar-refractivity contribution in [3.05, 3.63) is 45.8 Å². The molecule has 0 atom stereocenters. The molecule has 6 heteroatoms. The summed E-state index contributed by atoms with van der Waals surface area (Å²) in [5.41, 5.74) is 10.1. The van der Waals surface area contributed by atoms with E-state index in [1.54, 1.807) is 0 Å². The number of aldehydes is 1. The van der Waals surface area contributed by atoms with Gasteiger partial charge in [0.2, 0.25) is 0 Å². The highest BCUT2D eigenvalue weighted by Crippen LogP contribution is 2.34. The topological polar surface area (TPSA) is 76.0 Å². The van der Waals surface area contributed by atoms with Crippen LogP contribution in [-0.4, -0.2) is 28.7 Å². The fraction of sp³-hybridized carbons (Fsp3) is 0.300. The summed E-state index contributed by atoms with van der Waals surface area (Å²) in [7, 11) is 0. The molecule has 2 aromatic heterocycles. The predicted octanol–water partition coefficient (Wildman–Crippen LogP) is 4.49. The van der Waals surface area contributed by atoms with E-state index < -0.39 is 5.91 Å². The molecule has 3 N–H and O–H groups in total. The molecule has 1 aromatic carbocycles. The summed E-state index contributed by atoms with van der Waals surface area (Å²) in [5, 5.41) is 3.01. The Labute approximate surface area is 160 Å².